The zero-order valence-corrected chi connectivity index (χ0v) is 23.3. The van der Waals surface area contributed by atoms with Crippen LogP contribution >= 0.6 is 0 Å². The van der Waals surface area contributed by atoms with Gasteiger partial charge in [0.15, 0.2) is 0 Å². The molecule has 8 nitrogen and oxygen atoms in total. The molecule has 206 valence electrons. The normalized spacial score (nSPS) is 22.2. The Morgan fingerprint density at radius 3 is 2.36 bits per heavy atom. The lowest BCUT2D eigenvalue weighted by Gasteiger charge is -2.36. The summed E-state index contributed by atoms with van der Waals surface area (Å²) < 4.78 is 11.5. The number of carbonyl (C=O) groups is 2. The molecule has 1 fully saturated rings. The minimum Gasteiger partial charge on any atom is -0.386 e. The Labute approximate surface area is 218 Å². The van der Waals surface area contributed by atoms with E-state index in [1.54, 1.807) is 46.3 Å². The molecule has 0 aromatic heterocycles. The molecule has 1 heterocycles. The maximum atomic E-state index is 13.4. The average molecular weight is 508 g/mol. The third-order valence-electron chi connectivity index (χ3n) is 7.58. The number of likely N-dealkylation sites (tertiary alicyclic amines) is 1. The molecule has 8 heteroatoms. The van der Waals surface area contributed by atoms with Gasteiger partial charge in [0, 0.05) is 26.8 Å². The van der Waals surface area contributed by atoms with Crippen LogP contribution in [0, 0.1) is 11.8 Å². The van der Waals surface area contributed by atoms with Crippen molar-refractivity contribution in [2.75, 3.05) is 27.8 Å². The lowest BCUT2D eigenvalue weighted by Crippen LogP contribution is -2.53. The number of hydrogen-bond donors (Lipinski definition) is 3. The minimum atomic E-state index is -0.918. The van der Waals surface area contributed by atoms with Crippen LogP contribution in [0.15, 0.2) is 37.0 Å². The van der Waals surface area contributed by atoms with E-state index in [1.165, 1.54) is 0 Å². The first kappa shape index (κ1) is 32.0. The number of nitrogens with zero attached hydrogens (tertiary/aromatic N) is 1. The van der Waals surface area contributed by atoms with Crippen molar-refractivity contribution in [2.45, 2.75) is 89.8 Å². The first-order valence-corrected chi connectivity index (χ1v) is 13.1. The van der Waals surface area contributed by atoms with Gasteiger partial charge in [-0.05, 0) is 38.3 Å². The van der Waals surface area contributed by atoms with Crippen LogP contribution in [0.25, 0.3) is 0 Å². The van der Waals surface area contributed by atoms with Crippen LogP contribution in [0.2, 0.25) is 0 Å². The van der Waals surface area contributed by atoms with Gasteiger partial charge in [0.05, 0.1) is 42.7 Å². The molecule has 1 aliphatic rings. The van der Waals surface area contributed by atoms with Crippen LogP contribution < -0.4 is 10.6 Å². The van der Waals surface area contributed by atoms with Gasteiger partial charge in [0.25, 0.3) is 0 Å². The van der Waals surface area contributed by atoms with Crippen LogP contribution in [0.3, 0.4) is 0 Å². The van der Waals surface area contributed by atoms with Gasteiger partial charge in [-0.15, -0.1) is 0 Å². The predicted molar refractivity (Wildman–Crippen MR) is 145 cm³/mol. The van der Waals surface area contributed by atoms with E-state index in [-0.39, 0.29) is 36.4 Å². The van der Waals surface area contributed by atoms with Gasteiger partial charge in [0.1, 0.15) is 0 Å². The molecule has 1 saturated heterocycles. The molecule has 0 spiro atoms. The molecule has 1 rings (SSSR count). The number of allylic oxidation sites excluding steroid dienone is 2. The first-order chi connectivity index (χ1) is 17.1. The standard InChI is InChI=1S/C28H49N3O5/c1-10-14-21(12-3)26(33)20(6)30-28(34)19(5)27(36-9)22-15-13-16-31(22)24(32)17-23(35-8)25(29-7)18(4)11-2/h10,12,14,18-20,22-23,25-27,29,33H,1,3,11,13,15-17H2,2,4-9H3,(H,30,34)/b21-14+. The summed E-state index contributed by atoms with van der Waals surface area (Å²) in [5, 5.41) is 16.8. The number of methoxy groups -OCH3 is 2. The van der Waals surface area contributed by atoms with Crippen molar-refractivity contribution in [1.82, 2.24) is 15.5 Å². The van der Waals surface area contributed by atoms with E-state index < -0.39 is 24.2 Å². The Hall–Kier alpha value is -2.00. The summed E-state index contributed by atoms with van der Waals surface area (Å²) >= 11 is 0. The van der Waals surface area contributed by atoms with Crippen LogP contribution in [0.4, 0.5) is 0 Å². The number of amides is 2. The van der Waals surface area contributed by atoms with Gasteiger partial charge >= 0.3 is 0 Å². The van der Waals surface area contributed by atoms with E-state index in [0.29, 0.717) is 18.0 Å². The lowest BCUT2D eigenvalue weighted by molar-refractivity contribution is -0.142. The Balaban J connectivity index is 2.95. The Morgan fingerprint density at radius 2 is 1.86 bits per heavy atom. The van der Waals surface area contributed by atoms with Crippen LogP contribution in [-0.2, 0) is 19.1 Å². The second-order valence-corrected chi connectivity index (χ2v) is 9.81. The number of carbonyl (C=O) groups excluding carboxylic acids is 2. The number of aliphatic hydroxyl groups excluding tert-OH is 1. The molecule has 8 atom stereocenters. The van der Waals surface area contributed by atoms with E-state index >= 15 is 0 Å². The smallest absolute Gasteiger partial charge is 0.225 e. The number of ether oxygens (including phenoxy) is 2. The van der Waals surface area contributed by atoms with Gasteiger partial charge in [0.2, 0.25) is 11.8 Å². The zero-order chi connectivity index (χ0) is 27.4. The summed E-state index contributed by atoms with van der Waals surface area (Å²) in [5.74, 6) is -0.395. The molecule has 3 N–H and O–H groups in total. The highest BCUT2D eigenvalue weighted by Gasteiger charge is 2.41. The Bertz CT molecular complexity index is 755. The number of rotatable bonds is 16. The first-order valence-electron chi connectivity index (χ1n) is 13.1. The fourth-order valence-electron chi connectivity index (χ4n) is 5.17. The largest absolute Gasteiger partial charge is 0.386 e. The quantitative estimate of drug-likeness (QED) is 0.278. The van der Waals surface area contributed by atoms with E-state index in [9.17, 15) is 14.7 Å². The van der Waals surface area contributed by atoms with E-state index in [0.717, 1.165) is 19.3 Å². The Morgan fingerprint density at radius 1 is 1.19 bits per heavy atom. The van der Waals surface area contributed by atoms with Gasteiger partial charge in [-0.3, -0.25) is 9.59 Å². The number of nitrogens with one attached hydrogen (secondary N) is 2. The molecular weight excluding hydrogens is 458 g/mol. The van der Waals surface area contributed by atoms with Gasteiger partial charge in [-0.25, -0.2) is 0 Å². The molecule has 2 amide bonds. The van der Waals surface area contributed by atoms with Gasteiger partial charge in [-0.1, -0.05) is 58.6 Å². The molecule has 8 unspecified atom stereocenters. The van der Waals surface area contributed by atoms with Crippen molar-refractivity contribution in [3.63, 3.8) is 0 Å². The molecule has 0 saturated carbocycles. The van der Waals surface area contributed by atoms with Crippen molar-refractivity contribution in [3.8, 4) is 0 Å². The summed E-state index contributed by atoms with van der Waals surface area (Å²) in [6, 6.07) is -0.678. The molecule has 0 aromatic carbocycles. The molecule has 0 radical (unpaired) electrons. The second kappa shape index (κ2) is 16.0. The average Bonchev–Trinajstić information content (AvgIpc) is 3.36. The van der Waals surface area contributed by atoms with Crippen LogP contribution in [0.5, 0.6) is 0 Å². The highest BCUT2D eigenvalue weighted by atomic mass is 16.5. The topological polar surface area (TPSA) is 100 Å². The molecular formula is C28H49N3O5. The van der Waals surface area contributed by atoms with Crippen molar-refractivity contribution in [2.24, 2.45) is 11.8 Å². The van der Waals surface area contributed by atoms with Crippen LogP contribution in [-0.4, -0.2) is 86.1 Å². The maximum absolute atomic E-state index is 13.4. The third-order valence-corrected chi connectivity index (χ3v) is 7.58. The van der Waals surface area contributed by atoms with Crippen LogP contribution in [0.1, 0.15) is 53.4 Å². The fraction of sp³-hybridized carbons (Fsp3) is 0.714. The molecule has 36 heavy (non-hydrogen) atoms. The third kappa shape index (κ3) is 8.26. The molecule has 0 aromatic rings. The highest BCUT2D eigenvalue weighted by molar-refractivity contribution is 5.80. The van der Waals surface area contributed by atoms with E-state index in [4.69, 9.17) is 9.47 Å². The number of likely N-dealkylation sites (N-methyl/N-ethyl adjacent to an activating group) is 1. The Kier molecular flexibility index (Phi) is 14.2. The van der Waals surface area contributed by atoms with Crippen molar-refractivity contribution in [3.05, 3.63) is 37.0 Å². The number of hydrogen-bond acceptors (Lipinski definition) is 6. The summed E-state index contributed by atoms with van der Waals surface area (Å²) in [6.07, 6.45) is 6.01. The molecule has 0 bridgehead atoms. The number of aliphatic hydroxyl groups is 1. The highest BCUT2D eigenvalue weighted by Crippen LogP contribution is 2.28. The monoisotopic (exact) mass is 507 g/mol. The zero-order valence-electron chi connectivity index (χ0n) is 23.3. The van der Waals surface area contributed by atoms with E-state index in [1.807, 2.05) is 11.9 Å². The van der Waals surface area contributed by atoms with E-state index in [2.05, 4.69) is 37.6 Å². The summed E-state index contributed by atoms with van der Waals surface area (Å²) in [4.78, 5) is 28.4. The van der Waals surface area contributed by atoms with Gasteiger partial charge in [-0.2, -0.15) is 0 Å². The van der Waals surface area contributed by atoms with Gasteiger partial charge < -0.3 is 30.1 Å². The van der Waals surface area contributed by atoms with Crippen molar-refractivity contribution < 1.29 is 24.2 Å². The van der Waals surface area contributed by atoms with Crippen molar-refractivity contribution >= 4 is 11.8 Å². The molecule has 0 aliphatic carbocycles. The molecule has 1 aliphatic heterocycles. The predicted octanol–water partition coefficient (Wildman–Crippen LogP) is 2.83. The summed E-state index contributed by atoms with van der Waals surface area (Å²) in [5.41, 5.74) is 0.575. The summed E-state index contributed by atoms with van der Waals surface area (Å²) in [7, 11) is 5.12. The minimum absolute atomic E-state index is 0.0107. The maximum Gasteiger partial charge on any atom is 0.225 e. The fourth-order valence-corrected chi connectivity index (χ4v) is 5.17. The second-order valence-electron chi connectivity index (χ2n) is 9.81. The van der Waals surface area contributed by atoms with Crippen molar-refractivity contribution in [1.29, 1.82) is 0 Å². The summed E-state index contributed by atoms with van der Waals surface area (Å²) in [6.45, 7) is 15.8. The SMILES string of the molecule is C=C/C=C(\C=C)C(O)C(C)NC(=O)C(C)C(OC)C1CCCN1C(=O)CC(OC)C(NC)C(C)CC. The lowest BCUT2D eigenvalue weighted by atomic mass is 9.91.